The number of aryl methyl sites for hydroxylation is 2. The van der Waals surface area contributed by atoms with Gasteiger partial charge in [-0.05, 0) is 37.3 Å². The lowest BCUT2D eigenvalue weighted by Crippen LogP contribution is -2.26. The summed E-state index contributed by atoms with van der Waals surface area (Å²) in [6.45, 7) is 1.92. The van der Waals surface area contributed by atoms with Gasteiger partial charge in [-0.2, -0.15) is 0 Å². The fraction of sp³-hybridized carbons (Fsp3) is 0.115. The number of furan rings is 1. The average molecular weight is 452 g/mol. The van der Waals surface area contributed by atoms with E-state index in [2.05, 4.69) is 15.6 Å². The fourth-order valence-corrected chi connectivity index (χ4v) is 3.84. The molecule has 0 aliphatic rings. The van der Waals surface area contributed by atoms with E-state index in [0.29, 0.717) is 33.3 Å². The summed E-state index contributed by atoms with van der Waals surface area (Å²) in [5.74, 6) is -0.191. The molecule has 2 heterocycles. The van der Waals surface area contributed by atoms with Gasteiger partial charge >= 0.3 is 0 Å². The number of nitrogens with zero attached hydrogens (tertiary/aromatic N) is 3. The Labute approximate surface area is 193 Å². The molecule has 5 rings (SSSR count). The van der Waals surface area contributed by atoms with Crippen LogP contribution in [-0.4, -0.2) is 26.7 Å². The van der Waals surface area contributed by atoms with Crippen LogP contribution in [0.15, 0.2) is 82.0 Å². The van der Waals surface area contributed by atoms with E-state index in [1.165, 1.54) is 4.68 Å². The summed E-state index contributed by atoms with van der Waals surface area (Å²) in [6, 6.07) is 21.1. The number of nitrogens with one attached hydrogen (secondary N) is 1. The van der Waals surface area contributed by atoms with Gasteiger partial charge in [-0.15, -0.1) is 5.10 Å². The number of hydrogen-bond donors (Lipinski definition) is 1. The average Bonchev–Trinajstić information content (AvgIpc) is 3.19. The Morgan fingerprint density at radius 1 is 0.971 bits per heavy atom. The largest absolute Gasteiger partial charge is 0.452 e. The maximum Gasteiger partial charge on any atom is 0.277 e. The Bertz CT molecular complexity index is 1600. The maximum absolute atomic E-state index is 12.8. The van der Waals surface area contributed by atoms with Crippen LogP contribution in [0.3, 0.4) is 0 Å². The van der Waals surface area contributed by atoms with Gasteiger partial charge in [0.2, 0.25) is 11.7 Å². The number of carbonyl (C=O) groups is 2. The van der Waals surface area contributed by atoms with Crippen LogP contribution in [0.1, 0.15) is 28.1 Å². The highest BCUT2D eigenvalue weighted by Crippen LogP contribution is 2.29. The number of aromatic nitrogens is 3. The van der Waals surface area contributed by atoms with E-state index in [4.69, 9.17) is 4.42 Å². The number of ketones is 1. The summed E-state index contributed by atoms with van der Waals surface area (Å²) in [5, 5.41) is 12.0. The third-order valence-electron chi connectivity index (χ3n) is 5.64. The van der Waals surface area contributed by atoms with Crippen molar-refractivity contribution >= 4 is 39.2 Å². The normalized spacial score (nSPS) is 11.1. The maximum atomic E-state index is 12.8. The Hall–Kier alpha value is -4.59. The minimum Gasteiger partial charge on any atom is -0.452 e. The van der Waals surface area contributed by atoms with Crippen molar-refractivity contribution in [3.8, 4) is 0 Å². The van der Waals surface area contributed by atoms with Crippen molar-refractivity contribution in [2.45, 2.75) is 19.9 Å². The van der Waals surface area contributed by atoms with E-state index in [9.17, 15) is 14.4 Å². The topological polar surface area (TPSA) is 107 Å². The first kappa shape index (κ1) is 21.3. The van der Waals surface area contributed by atoms with E-state index in [1.54, 1.807) is 66.7 Å². The number of amides is 1. The predicted molar refractivity (Wildman–Crippen MR) is 128 cm³/mol. The lowest BCUT2D eigenvalue weighted by Gasteiger charge is -2.07. The van der Waals surface area contributed by atoms with Crippen LogP contribution >= 0.6 is 0 Å². The van der Waals surface area contributed by atoms with Gasteiger partial charge in [0, 0.05) is 28.6 Å². The SMILES string of the molecule is Cc1c(C(=O)c2ccccc2)oc2ccc(NC(=O)CCn3nnc4ccccc4c3=O)cc12. The van der Waals surface area contributed by atoms with Crippen LogP contribution in [0.2, 0.25) is 0 Å². The summed E-state index contributed by atoms with van der Waals surface area (Å²) in [4.78, 5) is 37.9. The highest BCUT2D eigenvalue weighted by molar-refractivity contribution is 6.10. The van der Waals surface area contributed by atoms with Gasteiger partial charge in [0.25, 0.3) is 5.56 Å². The quantitative estimate of drug-likeness (QED) is 0.389. The summed E-state index contributed by atoms with van der Waals surface area (Å²) < 4.78 is 7.00. The number of benzene rings is 3. The summed E-state index contributed by atoms with van der Waals surface area (Å²) in [5.41, 5.74) is 2.61. The van der Waals surface area contributed by atoms with Crippen molar-refractivity contribution in [3.63, 3.8) is 0 Å². The molecule has 34 heavy (non-hydrogen) atoms. The molecule has 0 aliphatic carbocycles. The Kier molecular flexibility index (Phi) is 5.47. The van der Waals surface area contributed by atoms with Crippen molar-refractivity contribution in [2.24, 2.45) is 0 Å². The van der Waals surface area contributed by atoms with Crippen LogP contribution in [0.4, 0.5) is 5.69 Å². The Morgan fingerprint density at radius 3 is 2.56 bits per heavy atom. The zero-order valence-electron chi connectivity index (χ0n) is 18.3. The molecule has 0 saturated heterocycles. The van der Waals surface area contributed by atoms with Gasteiger partial charge in [0.05, 0.1) is 11.9 Å². The summed E-state index contributed by atoms with van der Waals surface area (Å²) >= 11 is 0. The van der Waals surface area contributed by atoms with Crippen molar-refractivity contribution in [2.75, 3.05) is 5.32 Å². The van der Waals surface area contributed by atoms with Gasteiger partial charge in [0.1, 0.15) is 11.1 Å². The van der Waals surface area contributed by atoms with Crippen LogP contribution in [-0.2, 0) is 11.3 Å². The first-order chi connectivity index (χ1) is 16.5. The molecule has 5 aromatic rings. The molecule has 0 saturated carbocycles. The van der Waals surface area contributed by atoms with Gasteiger partial charge < -0.3 is 9.73 Å². The molecule has 0 spiro atoms. The van der Waals surface area contributed by atoms with Gasteiger partial charge in [-0.3, -0.25) is 14.4 Å². The van der Waals surface area contributed by atoms with Crippen molar-refractivity contribution in [1.29, 1.82) is 0 Å². The summed E-state index contributed by atoms with van der Waals surface area (Å²) in [7, 11) is 0. The molecule has 168 valence electrons. The second-order valence-corrected chi connectivity index (χ2v) is 7.90. The molecule has 0 bridgehead atoms. The lowest BCUT2D eigenvalue weighted by molar-refractivity contribution is -0.116. The highest BCUT2D eigenvalue weighted by Gasteiger charge is 2.19. The van der Waals surface area contributed by atoms with Crippen LogP contribution in [0.25, 0.3) is 21.9 Å². The number of fused-ring (bicyclic) bond motifs is 2. The molecule has 0 fully saturated rings. The van der Waals surface area contributed by atoms with Crippen molar-refractivity contribution in [1.82, 2.24) is 15.0 Å². The number of carbonyl (C=O) groups excluding carboxylic acids is 2. The number of hydrogen-bond acceptors (Lipinski definition) is 6. The molecular weight excluding hydrogens is 432 g/mol. The van der Waals surface area contributed by atoms with Crippen molar-refractivity contribution in [3.05, 3.63) is 100 Å². The minimum atomic E-state index is -0.288. The zero-order chi connectivity index (χ0) is 23.7. The number of anilines is 1. The van der Waals surface area contributed by atoms with E-state index >= 15 is 0 Å². The molecular formula is C26H20N4O4. The van der Waals surface area contributed by atoms with Gasteiger partial charge in [-0.1, -0.05) is 47.7 Å². The fourth-order valence-electron chi connectivity index (χ4n) is 3.84. The molecule has 8 heteroatoms. The monoisotopic (exact) mass is 452 g/mol. The summed E-state index contributed by atoms with van der Waals surface area (Å²) in [6.07, 6.45) is 0.0487. The molecule has 3 aromatic carbocycles. The molecule has 8 nitrogen and oxygen atoms in total. The molecule has 0 atom stereocenters. The molecule has 0 aliphatic heterocycles. The standard InChI is InChI=1S/C26H20N4O4/c1-16-20-15-18(11-12-22(20)34-25(16)24(32)17-7-3-2-4-8-17)27-23(31)13-14-30-26(33)19-9-5-6-10-21(19)28-29-30/h2-12,15H,13-14H2,1H3,(H,27,31). The molecule has 0 radical (unpaired) electrons. The van der Waals surface area contributed by atoms with E-state index in [-0.39, 0.29) is 36.0 Å². The van der Waals surface area contributed by atoms with E-state index < -0.39 is 0 Å². The molecule has 2 aromatic heterocycles. The van der Waals surface area contributed by atoms with Gasteiger partial charge in [-0.25, -0.2) is 4.68 Å². The first-order valence-corrected chi connectivity index (χ1v) is 10.8. The first-order valence-electron chi connectivity index (χ1n) is 10.8. The second kappa shape index (κ2) is 8.74. The van der Waals surface area contributed by atoms with Crippen LogP contribution in [0.5, 0.6) is 0 Å². The van der Waals surface area contributed by atoms with E-state index in [1.807, 2.05) is 13.0 Å². The Morgan fingerprint density at radius 2 is 1.74 bits per heavy atom. The molecule has 1 N–H and O–H groups in total. The molecule has 0 unspecified atom stereocenters. The van der Waals surface area contributed by atoms with Crippen LogP contribution < -0.4 is 10.9 Å². The minimum absolute atomic E-state index is 0.0487. The smallest absolute Gasteiger partial charge is 0.277 e. The highest BCUT2D eigenvalue weighted by atomic mass is 16.3. The van der Waals surface area contributed by atoms with Gasteiger partial charge in [0.15, 0.2) is 5.76 Å². The second-order valence-electron chi connectivity index (χ2n) is 7.90. The third kappa shape index (κ3) is 3.97. The molecule has 1 amide bonds. The number of rotatable bonds is 6. The predicted octanol–water partition coefficient (Wildman–Crippen LogP) is 4.11. The zero-order valence-corrected chi connectivity index (χ0v) is 18.3. The van der Waals surface area contributed by atoms with Crippen molar-refractivity contribution < 1.29 is 14.0 Å². The third-order valence-corrected chi connectivity index (χ3v) is 5.64. The van der Waals surface area contributed by atoms with E-state index in [0.717, 1.165) is 5.39 Å². The lowest BCUT2D eigenvalue weighted by atomic mass is 10.0. The van der Waals surface area contributed by atoms with Crippen LogP contribution in [0, 0.1) is 6.92 Å². The Balaban J connectivity index is 1.32.